The van der Waals surface area contributed by atoms with Gasteiger partial charge in [-0.15, -0.1) is 0 Å². The van der Waals surface area contributed by atoms with Crippen LogP contribution in [0.5, 0.6) is 0 Å². The Hall–Kier alpha value is -2.73. The number of carbonyl (C=O) groups excluding carboxylic acids is 4. The van der Waals surface area contributed by atoms with Gasteiger partial charge in [0.05, 0.1) is 19.1 Å². The van der Waals surface area contributed by atoms with Crippen molar-refractivity contribution in [3.8, 4) is 0 Å². The zero-order valence-corrected chi connectivity index (χ0v) is 18.4. The summed E-state index contributed by atoms with van der Waals surface area (Å²) in [7, 11) is 0. The smallest absolute Gasteiger partial charge is 0.328 e. The van der Waals surface area contributed by atoms with Gasteiger partial charge < -0.3 is 37.6 Å². The average Bonchev–Trinajstić information content (AvgIpc) is 2.62. The average molecular weight is 446 g/mol. The molecule has 0 aromatic rings. The van der Waals surface area contributed by atoms with Crippen LogP contribution in [-0.2, 0) is 24.0 Å². The maximum absolute atomic E-state index is 12.8. The molecular weight excluding hydrogens is 410 g/mol. The van der Waals surface area contributed by atoms with E-state index in [1.807, 2.05) is 27.7 Å². The molecule has 4 amide bonds. The third-order valence-electron chi connectivity index (χ3n) is 4.24. The van der Waals surface area contributed by atoms with E-state index in [1.54, 1.807) is 0 Å². The molecule has 0 unspecified atom stereocenters. The summed E-state index contributed by atoms with van der Waals surface area (Å²) >= 11 is 0. The van der Waals surface area contributed by atoms with E-state index < -0.39 is 66.8 Å². The molecule has 9 N–H and O–H groups in total. The molecule has 31 heavy (non-hydrogen) atoms. The molecule has 178 valence electrons. The normalized spacial score (nSPS) is 15.0. The number of aliphatic hydroxyl groups excluding tert-OH is 1. The van der Waals surface area contributed by atoms with Crippen molar-refractivity contribution in [2.75, 3.05) is 6.61 Å². The summed E-state index contributed by atoms with van der Waals surface area (Å²) in [5.41, 5.74) is 10.7. The monoisotopic (exact) mass is 445 g/mol. The lowest BCUT2D eigenvalue weighted by atomic mass is 9.99. The van der Waals surface area contributed by atoms with Crippen molar-refractivity contribution in [1.82, 2.24) is 16.0 Å². The fourth-order valence-electron chi connectivity index (χ4n) is 2.72. The summed E-state index contributed by atoms with van der Waals surface area (Å²) < 4.78 is 0. The Morgan fingerprint density at radius 3 is 1.48 bits per heavy atom. The van der Waals surface area contributed by atoms with Gasteiger partial charge in [0.25, 0.3) is 0 Å². The van der Waals surface area contributed by atoms with Crippen molar-refractivity contribution >= 4 is 29.6 Å². The van der Waals surface area contributed by atoms with Gasteiger partial charge in [-0.3, -0.25) is 19.2 Å². The van der Waals surface area contributed by atoms with Gasteiger partial charge in [-0.25, -0.2) is 4.79 Å². The molecule has 0 aromatic heterocycles. The summed E-state index contributed by atoms with van der Waals surface area (Å²) in [4.78, 5) is 59.6. The second kappa shape index (κ2) is 13.5. The third-order valence-corrected chi connectivity index (χ3v) is 4.24. The van der Waals surface area contributed by atoms with E-state index >= 15 is 0 Å². The SMILES string of the molecule is CC(C)C[C@H](NC(=O)[C@H](CC(C)C)NC(=O)[C@@H](N)CC(N)=O)C(=O)N[C@@H](CO)C(=O)O. The van der Waals surface area contributed by atoms with Crippen LogP contribution in [0.1, 0.15) is 47.0 Å². The number of primary amides is 1. The number of carbonyl (C=O) groups is 5. The predicted octanol–water partition coefficient (Wildman–Crippen LogP) is -2.19. The van der Waals surface area contributed by atoms with Gasteiger partial charge in [0.2, 0.25) is 23.6 Å². The van der Waals surface area contributed by atoms with Crippen molar-refractivity contribution in [3.63, 3.8) is 0 Å². The number of aliphatic carboxylic acids is 1. The molecule has 4 atom stereocenters. The van der Waals surface area contributed by atoms with Gasteiger partial charge in [-0.2, -0.15) is 0 Å². The highest BCUT2D eigenvalue weighted by Gasteiger charge is 2.31. The number of amides is 4. The van der Waals surface area contributed by atoms with Crippen LogP contribution in [0.25, 0.3) is 0 Å². The first-order valence-electron chi connectivity index (χ1n) is 10.1. The first-order valence-corrected chi connectivity index (χ1v) is 10.1. The molecule has 0 rings (SSSR count). The minimum absolute atomic E-state index is 0.00781. The number of nitrogens with two attached hydrogens (primary N) is 2. The van der Waals surface area contributed by atoms with E-state index in [9.17, 15) is 24.0 Å². The fraction of sp³-hybridized carbons (Fsp3) is 0.737. The molecule has 0 fully saturated rings. The zero-order valence-electron chi connectivity index (χ0n) is 18.4. The van der Waals surface area contributed by atoms with E-state index in [2.05, 4.69) is 16.0 Å². The minimum Gasteiger partial charge on any atom is -0.480 e. The van der Waals surface area contributed by atoms with Crippen molar-refractivity contribution in [2.24, 2.45) is 23.3 Å². The van der Waals surface area contributed by atoms with Crippen LogP contribution < -0.4 is 27.4 Å². The standard InChI is InChI=1S/C19H35N5O7/c1-9(2)5-12(22-16(27)11(20)7-15(21)26)17(28)23-13(6-10(3)4)18(29)24-14(8-25)19(30)31/h9-14,25H,5-8,20H2,1-4H3,(H2,21,26)(H,22,27)(H,23,28)(H,24,29)(H,30,31)/t11-,12-,13-,14-/m0/s1. The van der Waals surface area contributed by atoms with Crippen LogP contribution in [0.2, 0.25) is 0 Å². The molecule has 12 nitrogen and oxygen atoms in total. The Balaban J connectivity index is 5.43. The Bertz CT molecular complexity index is 654. The number of carboxylic acid groups (broad SMARTS) is 1. The highest BCUT2D eigenvalue weighted by Crippen LogP contribution is 2.09. The maximum atomic E-state index is 12.8. The second-order valence-electron chi connectivity index (χ2n) is 8.24. The molecule has 0 bridgehead atoms. The summed E-state index contributed by atoms with van der Waals surface area (Å²) in [6, 6.07) is -4.87. The van der Waals surface area contributed by atoms with Gasteiger partial charge in [0.15, 0.2) is 0 Å². The van der Waals surface area contributed by atoms with Gasteiger partial charge in [0.1, 0.15) is 18.1 Å². The highest BCUT2D eigenvalue weighted by atomic mass is 16.4. The zero-order chi connectivity index (χ0) is 24.3. The van der Waals surface area contributed by atoms with Crippen molar-refractivity contribution < 1.29 is 34.2 Å². The second-order valence-corrected chi connectivity index (χ2v) is 8.24. The lowest BCUT2D eigenvalue weighted by Crippen LogP contribution is -2.58. The van der Waals surface area contributed by atoms with E-state index in [-0.39, 0.29) is 24.7 Å². The maximum Gasteiger partial charge on any atom is 0.328 e. The summed E-state index contributed by atoms with van der Waals surface area (Å²) in [5.74, 6) is -4.40. The Kier molecular flexibility index (Phi) is 12.4. The van der Waals surface area contributed by atoms with Gasteiger partial charge in [0, 0.05) is 0 Å². The molecule has 0 spiro atoms. The Morgan fingerprint density at radius 2 is 1.16 bits per heavy atom. The summed E-state index contributed by atoms with van der Waals surface area (Å²) in [5, 5.41) is 25.3. The number of aliphatic hydroxyl groups is 1. The van der Waals surface area contributed by atoms with E-state index in [4.69, 9.17) is 21.7 Å². The largest absolute Gasteiger partial charge is 0.480 e. The van der Waals surface area contributed by atoms with Crippen LogP contribution in [-0.4, -0.2) is 70.6 Å². The molecule has 0 aliphatic carbocycles. The first kappa shape index (κ1) is 28.3. The topological polar surface area (TPSA) is 214 Å². The molecule has 0 aliphatic heterocycles. The van der Waals surface area contributed by atoms with E-state index in [0.717, 1.165) is 0 Å². The number of carboxylic acids is 1. The summed E-state index contributed by atoms with van der Waals surface area (Å²) in [6.07, 6.45) is 0.0299. The van der Waals surface area contributed by atoms with Crippen molar-refractivity contribution in [2.45, 2.75) is 71.1 Å². The molecule has 0 aliphatic rings. The number of hydrogen-bond donors (Lipinski definition) is 7. The number of hydrogen-bond acceptors (Lipinski definition) is 7. The number of rotatable bonds is 14. The van der Waals surface area contributed by atoms with Crippen LogP contribution >= 0.6 is 0 Å². The van der Waals surface area contributed by atoms with Gasteiger partial charge >= 0.3 is 5.97 Å². The van der Waals surface area contributed by atoms with E-state index in [0.29, 0.717) is 0 Å². The van der Waals surface area contributed by atoms with Crippen molar-refractivity contribution in [3.05, 3.63) is 0 Å². The first-order chi connectivity index (χ1) is 14.3. The van der Waals surface area contributed by atoms with Crippen molar-refractivity contribution in [1.29, 1.82) is 0 Å². The highest BCUT2D eigenvalue weighted by molar-refractivity contribution is 5.95. The lowest BCUT2D eigenvalue weighted by molar-refractivity contribution is -0.143. The fourth-order valence-corrected chi connectivity index (χ4v) is 2.72. The molecule has 0 saturated carbocycles. The van der Waals surface area contributed by atoms with E-state index in [1.165, 1.54) is 0 Å². The molecule has 12 heteroatoms. The van der Waals surface area contributed by atoms with Gasteiger partial charge in [-0.05, 0) is 24.7 Å². The molecular formula is C19H35N5O7. The predicted molar refractivity (Wildman–Crippen MR) is 111 cm³/mol. The molecule has 0 radical (unpaired) electrons. The quantitative estimate of drug-likeness (QED) is 0.155. The lowest BCUT2D eigenvalue weighted by Gasteiger charge is -2.26. The van der Waals surface area contributed by atoms with Crippen LogP contribution in [0.3, 0.4) is 0 Å². The molecule has 0 heterocycles. The van der Waals surface area contributed by atoms with Crippen LogP contribution in [0, 0.1) is 11.8 Å². The van der Waals surface area contributed by atoms with Crippen LogP contribution in [0.4, 0.5) is 0 Å². The molecule has 0 aromatic carbocycles. The summed E-state index contributed by atoms with van der Waals surface area (Å²) in [6.45, 7) is 6.46. The van der Waals surface area contributed by atoms with Crippen LogP contribution in [0.15, 0.2) is 0 Å². The Labute approximate surface area is 181 Å². The Morgan fingerprint density at radius 1 is 0.774 bits per heavy atom. The minimum atomic E-state index is -1.52. The third kappa shape index (κ3) is 11.3. The van der Waals surface area contributed by atoms with Gasteiger partial charge in [-0.1, -0.05) is 27.7 Å². The molecule has 0 saturated heterocycles. The number of nitrogens with one attached hydrogen (secondary N) is 3.